The van der Waals surface area contributed by atoms with E-state index in [9.17, 15) is 18.3 Å². The maximum atomic E-state index is 16.1. The predicted molar refractivity (Wildman–Crippen MR) is 201 cm³/mol. The first kappa shape index (κ1) is 37.3. The van der Waals surface area contributed by atoms with Crippen molar-refractivity contribution in [2.75, 3.05) is 30.7 Å². The fourth-order valence-electron chi connectivity index (χ4n) is 7.30. The predicted octanol–water partition coefficient (Wildman–Crippen LogP) is 7.87. The first-order valence-electron chi connectivity index (χ1n) is 17.4. The molecule has 2 aliphatic rings. The molecule has 0 aliphatic heterocycles. The minimum atomic E-state index is -4.39. The van der Waals surface area contributed by atoms with Crippen molar-refractivity contribution in [3.05, 3.63) is 106 Å². The molecule has 15 heteroatoms. The van der Waals surface area contributed by atoms with Gasteiger partial charge in [-0.25, -0.2) is 32.0 Å². The van der Waals surface area contributed by atoms with Crippen LogP contribution in [0.3, 0.4) is 0 Å². The molecule has 2 aliphatic carbocycles. The number of aromatic nitrogens is 2. The van der Waals surface area contributed by atoms with E-state index in [4.69, 9.17) is 21.1 Å². The molecular formula is C39H38ClF2N5O6S. The van der Waals surface area contributed by atoms with Crippen molar-refractivity contribution in [2.45, 2.75) is 55.8 Å². The lowest BCUT2D eigenvalue weighted by atomic mass is 10.0. The highest BCUT2D eigenvalue weighted by Crippen LogP contribution is 2.40. The molecule has 0 saturated heterocycles. The summed E-state index contributed by atoms with van der Waals surface area (Å²) >= 11 is 6.18. The number of anilines is 2. The highest BCUT2D eigenvalue weighted by Gasteiger charge is 2.31. The molecule has 0 radical (unpaired) electrons. The summed E-state index contributed by atoms with van der Waals surface area (Å²) in [7, 11) is -1.25. The number of sulfonamides is 1. The SMILES string of the molecule is COc1cc(-c2c(F)ccc(NS(=O)(=O)c3cc(Cl)cc4c3CC[C@H]4O)c2F)cc2cnc(N[C@H]3CCC(CN(C)C(=O)OCc4ccccc4)C3)nc12. The van der Waals surface area contributed by atoms with E-state index in [2.05, 4.69) is 20.0 Å². The number of amides is 1. The van der Waals surface area contributed by atoms with Gasteiger partial charge in [0.1, 0.15) is 23.7 Å². The van der Waals surface area contributed by atoms with Crippen LogP contribution in [0.25, 0.3) is 22.0 Å². The second-order valence-corrected chi connectivity index (χ2v) is 15.8. The van der Waals surface area contributed by atoms with Crippen molar-refractivity contribution in [3.63, 3.8) is 0 Å². The molecule has 0 spiro atoms. The summed E-state index contributed by atoms with van der Waals surface area (Å²) in [6.45, 7) is 0.754. The lowest BCUT2D eigenvalue weighted by Crippen LogP contribution is -2.32. The maximum Gasteiger partial charge on any atom is 0.409 e. The third-order valence-corrected chi connectivity index (χ3v) is 11.6. The number of ether oxygens (including phenoxy) is 2. The van der Waals surface area contributed by atoms with E-state index in [-0.39, 0.29) is 45.9 Å². The fourth-order valence-corrected chi connectivity index (χ4v) is 8.97. The van der Waals surface area contributed by atoms with E-state index >= 15 is 8.78 Å². The van der Waals surface area contributed by atoms with Crippen molar-refractivity contribution in [1.82, 2.24) is 14.9 Å². The number of halogens is 3. The number of fused-ring (bicyclic) bond motifs is 2. The van der Waals surface area contributed by atoms with Crippen LogP contribution in [-0.2, 0) is 27.8 Å². The molecule has 1 heterocycles. The van der Waals surface area contributed by atoms with Gasteiger partial charge in [0.15, 0.2) is 5.82 Å². The van der Waals surface area contributed by atoms with Crippen molar-refractivity contribution >= 4 is 50.3 Å². The number of hydrogen-bond acceptors (Lipinski definition) is 9. The van der Waals surface area contributed by atoms with Gasteiger partial charge >= 0.3 is 6.09 Å². The lowest BCUT2D eigenvalue weighted by molar-refractivity contribution is 0.0996. The number of methoxy groups -OCH3 is 1. The number of aliphatic hydroxyl groups is 1. The molecule has 3 N–H and O–H groups in total. The zero-order valence-electron chi connectivity index (χ0n) is 29.5. The van der Waals surface area contributed by atoms with Crippen LogP contribution >= 0.6 is 11.6 Å². The van der Waals surface area contributed by atoms with Crippen LogP contribution in [0.5, 0.6) is 5.75 Å². The van der Waals surface area contributed by atoms with Crippen LogP contribution in [0.2, 0.25) is 5.02 Å². The smallest absolute Gasteiger partial charge is 0.409 e. The van der Waals surface area contributed by atoms with Gasteiger partial charge < -0.3 is 24.8 Å². The fraction of sp³-hybridized carbons (Fsp3) is 0.308. The molecule has 1 unspecified atom stereocenters. The Labute approximate surface area is 316 Å². The minimum absolute atomic E-state index is 0.0548. The Balaban J connectivity index is 1.06. The molecule has 5 aromatic rings. The van der Waals surface area contributed by atoms with E-state index < -0.39 is 39.0 Å². The standard InChI is InChI=1S/C39H38ClF2N5O6S/c1-47(39(49)53-21-22-6-4-3-5-7-22)20-23-8-9-27(14-23)44-38-43-19-25-15-24(16-33(52-2)37(25)45-38)35-30(41)11-12-31(36(35)42)46-54(50,51)34-18-26(40)17-29-28(34)10-13-32(29)48/h3-7,11-12,15-19,23,27,32,46,48H,8-10,13-14,20-21H2,1-2H3,(H,43,44,45)/t23?,27-,32+/m0/s1. The molecule has 0 bridgehead atoms. The van der Waals surface area contributed by atoms with E-state index in [0.29, 0.717) is 47.4 Å². The first-order chi connectivity index (χ1) is 25.9. The van der Waals surface area contributed by atoms with E-state index in [1.165, 1.54) is 37.6 Å². The Hall–Kier alpha value is -5.05. The summed E-state index contributed by atoms with van der Waals surface area (Å²) in [5.74, 6) is -1.23. The van der Waals surface area contributed by atoms with Gasteiger partial charge in [-0.3, -0.25) is 4.72 Å². The molecule has 1 fully saturated rings. The molecule has 1 aromatic heterocycles. The number of aliphatic hydroxyl groups excluding tert-OH is 1. The van der Waals surface area contributed by atoms with E-state index in [1.807, 2.05) is 30.3 Å². The largest absolute Gasteiger partial charge is 0.494 e. The Bertz CT molecular complexity index is 2330. The van der Waals surface area contributed by atoms with Gasteiger partial charge in [-0.15, -0.1) is 0 Å². The van der Waals surface area contributed by atoms with Crippen LogP contribution < -0.4 is 14.8 Å². The summed E-state index contributed by atoms with van der Waals surface area (Å²) in [6, 6.07) is 17.2. The average molecular weight is 778 g/mol. The Morgan fingerprint density at radius 2 is 1.87 bits per heavy atom. The Morgan fingerprint density at radius 3 is 2.65 bits per heavy atom. The average Bonchev–Trinajstić information content (AvgIpc) is 3.76. The van der Waals surface area contributed by atoms with Crippen molar-refractivity contribution in [2.24, 2.45) is 5.92 Å². The van der Waals surface area contributed by atoms with Gasteiger partial charge in [-0.05, 0) is 96.7 Å². The zero-order valence-corrected chi connectivity index (χ0v) is 31.1. The number of hydrogen-bond donors (Lipinski definition) is 3. The normalized spacial score (nSPS) is 18.0. The number of carbonyl (C=O) groups is 1. The maximum absolute atomic E-state index is 16.1. The topological polar surface area (TPSA) is 143 Å². The summed E-state index contributed by atoms with van der Waals surface area (Å²) in [6.07, 6.45) is 3.42. The van der Waals surface area contributed by atoms with Gasteiger partial charge in [-0.1, -0.05) is 41.9 Å². The quantitative estimate of drug-likeness (QED) is 0.122. The monoisotopic (exact) mass is 777 g/mol. The third kappa shape index (κ3) is 7.77. The molecule has 282 valence electrons. The Kier molecular flexibility index (Phi) is 10.6. The summed E-state index contributed by atoms with van der Waals surface area (Å²) in [4.78, 5) is 23.1. The second kappa shape index (κ2) is 15.4. The molecule has 7 rings (SSSR count). The van der Waals surface area contributed by atoms with Gasteiger partial charge in [0.25, 0.3) is 10.0 Å². The van der Waals surface area contributed by atoms with Crippen LogP contribution in [0.1, 0.15) is 48.5 Å². The molecule has 1 saturated carbocycles. The summed E-state index contributed by atoms with van der Waals surface area (Å²) < 4.78 is 71.8. The Morgan fingerprint density at radius 1 is 1.07 bits per heavy atom. The zero-order chi connectivity index (χ0) is 38.1. The molecule has 1 amide bonds. The highest BCUT2D eigenvalue weighted by atomic mass is 35.5. The second-order valence-electron chi connectivity index (χ2n) is 13.7. The third-order valence-electron chi connectivity index (χ3n) is 9.94. The van der Waals surface area contributed by atoms with Crippen LogP contribution in [0.4, 0.5) is 25.2 Å². The van der Waals surface area contributed by atoms with E-state index in [1.54, 1.807) is 11.9 Å². The minimum Gasteiger partial charge on any atom is -0.494 e. The van der Waals surface area contributed by atoms with Gasteiger partial charge in [0.2, 0.25) is 5.95 Å². The molecule has 4 aromatic carbocycles. The molecule has 54 heavy (non-hydrogen) atoms. The van der Waals surface area contributed by atoms with Crippen molar-refractivity contribution in [1.29, 1.82) is 0 Å². The van der Waals surface area contributed by atoms with Gasteiger partial charge in [0, 0.05) is 36.2 Å². The number of nitrogens with zero attached hydrogens (tertiary/aromatic N) is 3. The van der Waals surface area contributed by atoms with Gasteiger partial charge in [0.05, 0.1) is 29.4 Å². The first-order valence-corrected chi connectivity index (χ1v) is 19.3. The number of rotatable bonds is 11. The highest BCUT2D eigenvalue weighted by molar-refractivity contribution is 7.92. The summed E-state index contributed by atoms with van der Waals surface area (Å²) in [5.41, 5.74) is 1.26. The number of nitrogens with one attached hydrogen (secondary N) is 2. The molecular weight excluding hydrogens is 740 g/mol. The molecule has 3 atom stereocenters. The van der Waals surface area contributed by atoms with E-state index in [0.717, 1.165) is 37.0 Å². The van der Waals surface area contributed by atoms with Crippen LogP contribution in [0, 0.1) is 17.6 Å². The molecule has 11 nitrogen and oxygen atoms in total. The van der Waals surface area contributed by atoms with Crippen molar-refractivity contribution in [3.8, 4) is 16.9 Å². The van der Waals surface area contributed by atoms with Crippen LogP contribution in [0.15, 0.2) is 77.8 Å². The lowest BCUT2D eigenvalue weighted by Gasteiger charge is -2.21. The number of benzene rings is 4. The number of carbonyl (C=O) groups excluding carboxylic acids is 1. The summed E-state index contributed by atoms with van der Waals surface area (Å²) in [5, 5.41) is 14.2. The van der Waals surface area contributed by atoms with Crippen molar-refractivity contribution < 1.29 is 36.6 Å². The van der Waals surface area contributed by atoms with Crippen LogP contribution in [-0.4, -0.2) is 61.2 Å². The van der Waals surface area contributed by atoms with Gasteiger partial charge in [-0.2, -0.15) is 0 Å².